The van der Waals surface area contributed by atoms with Gasteiger partial charge in [0.25, 0.3) is 0 Å². The number of hydrogen-bond acceptors (Lipinski definition) is 3. The van der Waals surface area contributed by atoms with E-state index in [1.54, 1.807) is 6.20 Å². The Bertz CT molecular complexity index is 295. The van der Waals surface area contributed by atoms with Gasteiger partial charge < -0.3 is 10.8 Å². The number of aliphatic hydroxyl groups is 1. The van der Waals surface area contributed by atoms with Crippen LogP contribution in [-0.4, -0.2) is 22.7 Å². The van der Waals surface area contributed by atoms with Gasteiger partial charge >= 0.3 is 0 Å². The summed E-state index contributed by atoms with van der Waals surface area (Å²) in [5, 5.41) is 9.71. The quantitative estimate of drug-likeness (QED) is 0.811. The lowest BCUT2D eigenvalue weighted by Gasteiger charge is -2.08. The molecule has 0 aliphatic carbocycles. The predicted molar refractivity (Wildman–Crippen MR) is 55.7 cm³/mol. The maximum Gasteiger partial charge on any atom is 0.132 e. The minimum absolute atomic E-state index is 0.225. The van der Waals surface area contributed by atoms with Gasteiger partial charge in [-0.2, -0.15) is 0 Å². The van der Waals surface area contributed by atoms with Crippen LogP contribution in [0.15, 0.2) is 16.7 Å². The minimum atomic E-state index is -0.561. The first-order chi connectivity index (χ1) is 6.13. The number of halogens is 2. The highest BCUT2D eigenvalue weighted by molar-refractivity contribution is 9.10. The molecule has 1 unspecified atom stereocenters. The van der Waals surface area contributed by atoms with Crippen LogP contribution in [0, 0.1) is 0 Å². The van der Waals surface area contributed by atoms with Crippen molar-refractivity contribution in [2.45, 2.75) is 12.5 Å². The van der Waals surface area contributed by atoms with E-state index >= 15 is 0 Å². The first-order valence-corrected chi connectivity index (χ1v) is 4.98. The van der Waals surface area contributed by atoms with Gasteiger partial charge in [0.05, 0.1) is 6.10 Å². The molecule has 3 nitrogen and oxygen atoms in total. The van der Waals surface area contributed by atoms with E-state index in [4.69, 9.17) is 17.3 Å². The number of hydrogen-bond donors (Lipinski definition) is 2. The first-order valence-electron chi connectivity index (χ1n) is 3.81. The van der Waals surface area contributed by atoms with E-state index in [2.05, 4.69) is 20.9 Å². The average molecular weight is 266 g/mol. The predicted octanol–water partition coefficient (Wildman–Crippen LogP) is 1.36. The maximum absolute atomic E-state index is 9.30. The fourth-order valence-electron chi connectivity index (χ4n) is 0.945. The Morgan fingerprint density at radius 1 is 1.69 bits per heavy atom. The third-order valence-electron chi connectivity index (χ3n) is 1.61. The van der Waals surface area contributed by atoms with Crippen LogP contribution in [0.1, 0.15) is 5.56 Å². The molecule has 3 N–H and O–H groups in total. The first kappa shape index (κ1) is 10.9. The van der Waals surface area contributed by atoms with Crippen molar-refractivity contribution in [3.63, 3.8) is 0 Å². The zero-order valence-electron chi connectivity index (χ0n) is 6.87. The lowest BCUT2D eigenvalue weighted by molar-refractivity contribution is 0.183. The molecular weight excluding hydrogens is 255 g/mol. The molecule has 0 fully saturated rings. The molecule has 1 aromatic heterocycles. The van der Waals surface area contributed by atoms with E-state index < -0.39 is 6.10 Å². The van der Waals surface area contributed by atoms with Gasteiger partial charge in [0.2, 0.25) is 0 Å². The Morgan fingerprint density at radius 2 is 2.38 bits per heavy atom. The van der Waals surface area contributed by atoms with Crippen molar-refractivity contribution in [1.82, 2.24) is 4.98 Å². The van der Waals surface area contributed by atoms with Crippen molar-refractivity contribution in [2.75, 3.05) is 6.54 Å². The third kappa shape index (κ3) is 3.23. The van der Waals surface area contributed by atoms with Crippen LogP contribution >= 0.6 is 27.5 Å². The summed E-state index contributed by atoms with van der Waals surface area (Å²) in [6.07, 6.45) is 1.48. The smallest absolute Gasteiger partial charge is 0.132 e. The summed E-state index contributed by atoms with van der Waals surface area (Å²) in [7, 11) is 0. The molecule has 0 aromatic carbocycles. The summed E-state index contributed by atoms with van der Waals surface area (Å²) in [6.45, 7) is 0.225. The van der Waals surface area contributed by atoms with E-state index in [1.807, 2.05) is 6.07 Å². The van der Waals surface area contributed by atoms with Crippen molar-refractivity contribution in [2.24, 2.45) is 5.73 Å². The standard InChI is InChI=1S/C8H10BrClN2O/c9-6-1-5(2-7(13)3-11)8(10)12-4-6/h1,4,7,13H,2-3,11H2. The number of aliphatic hydroxyl groups excluding tert-OH is 1. The molecule has 0 amide bonds. The molecule has 0 bridgehead atoms. The molecule has 1 rings (SSSR count). The number of nitrogens with zero attached hydrogens (tertiary/aromatic N) is 1. The summed E-state index contributed by atoms with van der Waals surface area (Å²) in [5.74, 6) is 0. The van der Waals surface area contributed by atoms with Crippen molar-refractivity contribution in [3.05, 3.63) is 27.5 Å². The van der Waals surface area contributed by atoms with E-state index in [9.17, 15) is 5.11 Å². The average Bonchev–Trinajstić information content (AvgIpc) is 2.11. The molecule has 1 heterocycles. The highest BCUT2D eigenvalue weighted by atomic mass is 79.9. The lowest BCUT2D eigenvalue weighted by Crippen LogP contribution is -2.22. The van der Waals surface area contributed by atoms with Crippen LogP contribution in [0.3, 0.4) is 0 Å². The molecule has 1 atom stereocenters. The second kappa shape index (κ2) is 4.91. The minimum Gasteiger partial charge on any atom is -0.391 e. The number of pyridine rings is 1. The lowest BCUT2D eigenvalue weighted by atomic mass is 10.1. The Hall–Kier alpha value is -0.160. The normalized spacial score (nSPS) is 12.9. The monoisotopic (exact) mass is 264 g/mol. The summed E-state index contributed by atoms with van der Waals surface area (Å²) >= 11 is 9.09. The van der Waals surface area contributed by atoms with Crippen LogP contribution in [0.25, 0.3) is 0 Å². The second-order valence-corrected chi connectivity index (χ2v) is 3.97. The van der Waals surface area contributed by atoms with Gasteiger partial charge in [0.15, 0.2) is 0 Å². The fourth-order valence-corrected chi connectivity index (χ4v) is 1.50. The van der Waals surface area contributed by atoms with Crippen LogP contribution in [0.4, 0.5) is 0 Å². The van der Waals surface area contributed by atoms with Gasteiger partial charge in [0, 0.05) is 23.6 Å². The van der Waals surface area contributed by atoms with Crippen LogP contribution in [0.5, 0.6) is 0 Å². The Labute approximate surface area is 90.1 Å². The van der Waals surface area contributed by atoms with Gasteiger partial charge in [-0.05, 0) is 27.6 Å². The van der Waals surface area contributed by atoms with E-state index in [-0.39, 0.29) is 6.54 Å². The highest BCUT2D eigenvalue weighted by Crippen LogP contribution is 2.19. The largest absolute Gasteiger partial charge is 0.391 e. The Kier molecular flexibility index (Phi) is 4.12. The van der Waals surface area contributed by atoms with E-state index in [1.165, 1.54) is 0 Å². The molecule has 0 aliphatic rings. The van der Waals surface area contributed by atoms with Crippen molar-refractivity contribution in [3.8, 4) is 0 Å². The second-order valence-electron chi connectivity index (χ2n) is 2.70. The zero-order valence-corrected chi connectivity index (χ0v) is 9.22. The molecule has 0 spiro atoms. The number of aromatic nitrogens is 1. The van der Waals surface area contributed by atoms with Gasteiger partial charge in [-0.25, -0.2) is 4.98 Å². The Balaban J connectivity index is 2.81. The number of rotatable bonds is 3. The molecule has 0 radical (unpaired) electrons. The van der Waals surface area contributed by atoms with Crippen LogP contribution in [0.2, 0.25) is 5.15 Å². The van der Waals surface area contributed by atoms with Crippen LogP contribution in [-0.2, 0) is 6.42 Å². The summed E-state index contributed by atoms with van der Waals surface area (Å²) in [6, 6.07) is 1.83. The summed E-state index contributed by atoms with van der Waals surface area (Å²) in [5.41, 5.74) is 6.08. The fraction of sp³-hybridized carbons (Fsp3) is 0.375. The topological polar surface area (TPSA) is 59.1 Å². The van der Waals surface area contributed by atoms with Crippen molar-refractivity contribution >= 4 is 27.5 Å². The highest BCUT2D eigenvalue weighted by Gasteiger charge is 2.07. The van der Waals surface area contributed by atoms with E-state index in [0.29, 0.717) is 11.6 Å². The van der Waals surface area contributed by atoms with Gasteiger partial charge in [-0.1, -0.05) is 11.6 Å². The van der Waals surface area contributed by atoms with Gasteiger partial charge in [-0.15, -0.1) is 0 Å². The van der Waals surface area contributed by atoms with E-state index in [0.717, 1.165) is 10.0 Å². The van der Waals surface area contributed by atoms with Gasteiger partial charge in [0.1, 0.15) is 5.15 Å². The third-order valence-corrected chi connectivity index (χ3v) is 2.38. The molecule has 1 aromatic rings. The van der Waals surface area contributed by atoms with Crippen molar-refractivity contribution < 1.29 is 5.11 Å². The molecule has 5 heteroatoms. The summed E-state index contributed by atoms with van der Waals surface area (Å²) in [4.78, 5) is 3.93. The SMILES string of the molecule is NCC(O)Cc1cc(Br)cnc1Cl. The van der Waals surface area contributed by atoms with Crippen molar-refractivity contribution in [1.29, 1.82) is 0 Å². The zero-order chi connectivity index (χ0) is 9.84. The molecule has 0 saturated carbocycles. The molecule has 13 heavy (non-hydrogen) atoms. The number of nitrogens with two attached hydrogens (primary N) is 1. The maximum atomic E-state index is 9.30. The molecular formula is C8H10BrClN2O. The summed E-state index contributed by atoms with van der Waals surface area (Å²) < 4.78 is 0.844. The molecule has 0 saturated heterocycles. The van der Waals surface area contributed by atoms with Crippen LogP contribution < -0.4 is 5.73 Å². The molecule has 0 aliphatic heterocycles. The Morgan fingerprint density at radius 3 is 3.00 bits per heavy atom. The van der Waals surface area contributed by atoms with Gasteiger partial charge in [-0.3, -0.25) is 0 Å². The molecule has 72 valence electrons.